The van der Waals surface area contributed by atoms with Crippen LogP contribution >= 0.6 is 0 Å². The van der Waals surface area contributed by atoms with Crippen molar-refractivity contribution < 1.29 is 9.53 Å². The Balaban J connectivity index is 1.97. The fraction of sp³-hybridized carbons (Fsp3) is 0.692. The normalized spacial score (nSPS) is 24.5. The summed E-state index contributed by atoms with van der Waals surface area (Å²) < 4.78 is 7.31. The largest absolute Gasteiger partial charge is 0.378 e. The second kappa shape index (κ2) is 5.00. The van der Waals surface area contributed by atoms with E-state index in [9.17, 15) is 4.79 Å². The maximum absolute atomic E-state index is 12.1. The van der Waals surface area contributed by atoms with E-state index >= 15 is 0 Å². The molecule has 0 aromatic carbocycles. The molecule has 0 N–H and O–H groups in total. The lowest BCUT2D eigenvalue weighted by atomic mass is 9.94. The van der Waals surface area contributed by atoms with Crippen LogP contribution in [-0.4, -0.2) is 28.3 Å². The van der Waals surface area contributed by atoms with Crippen LogP contribution in [-0.2, 0) is 16.0 Å². The van der Waals surface area contributed by atoms with Crippen molar-refractivity contribution in [1.29, 1.82) is 0 Å². The molecule has 17 heavy (non-hydrogen) atoms. The van der Waals surface area contributed by atoms with Gasteiger partial charge in [0.15, 0.2) is 0 Å². The fourth-order valence-corrected chi connectivity index (χ4v) is 2.22. The predicted molar refractivity (Wildman–Crippen MR) is 64.8 cm³/mol. The Morgan fingerprint density at radius 2 is 2.41 bits per heavy atom. The Bertz CT molecular complexity index is 398. The number of rotatable bonds is 4. The van der Waals surface area contributed by atoms with Crippen LogP contribution in [0.3, 0.4) is 0 Å². The van der Waals surface area contributed by atoms with E-state index in [4.69, 9.17) is 4.74 Å². The van der Waals surface area contributed by atoms with Crippen LogP contribution in [0.25, 0.3) is 0 Å². The number of carbonyl (C=O) groups excluding carboxylic acids is 1. The lowest BCUT2D eigenvalue weighted by molar-refractivity contribution is -0.123. The Morgan fingerprint density at radius 3 is 2.94 bits per heavy atom. The Labute approximate surface area is 102 Å². The summed E-state index contributed by atoms with van der Waals surface area (Å²) in [6.45, 7) is 6.83. The fourth-order valence-electron chi connectivity index (χ4n) is 2.22. The van der Waals surface area contributed by atoms with Crippen molar-refractivity contribution in [3.63, 3.8) is 0 Å². The van der Waals surface area contributed by atoms with Crippen molar-refractivity contribution >= 4 is 5.78 Å². The molecule has 1 aliphatic rings. The van der Waals surface area contributed by atoms with Gasteiger partial charge in [0, 0.05) is 24.8 Å². The van der Waals surface area contributed by atoms with Crippen LogP contribution in [0.5, 0.6) is 0 Å². The van der Waals surface area contributed by atoms with Gasteiger partial charge in [0.25, 0.3) is 0 Å². The second-order valence-corrected chi connectivity index (χ2v) is 5.00. The number of hydrogen-bond donors (Lipinski definition) is 0. The highest BCUT2D eigenvalue weighted by atomic mass is 16.5. The van der Waals surface area contributed by atoms with Gasteiger partial charge in [-0.15, -0.1) is 0 Å². The van der Waals surface area contributed by atoms with E-state index in [2.05, 4.69) is 18.9 Å². The van der Waals surface area contributed by atoms with Gasteiger partial charge in [-0.3, -0.25) is 9.48 Å². The first kappa shape index (κ1) is 12.3. The molecule has 2 heterocycles. The average Bonchev–Trinajstić information content (AvgIpc) is 2.86. The van der Waals surface area contributed by atoms with Crippen molar-refractivity contribution in [3.05, 3.63) is 18.0 Å². The summed E-state index contributed by atoms with van der Waals surface area (Å²) in [7, 11) is 0. The Hall–Kier alpha value is -1.16. The molecular weight excluding hydrogens is 216 g/mol. The summed E-state index contributed by atoms with van der Waals surface area (Å²) in [5.74, 6) is 0.309. The number of ether oxygens (including phenoxy) is 1. The standard InChI is InChI=1S/C13H20N2O2/c1-9(2)15-6-4-11(14-15)8-13(16)12-5-7-17-10(12)3/h4,6,9-10,12H,5,7-8H2,1-3H3. The molecule has 2 rings (SSSR count). The van der Waals surface area contributed by atoms with Crippen LogP contribution in [0.2, 0.25) is 0 Å². The van der Waals surface area contributed by atoms with Gasteiger partial charge in [-0.2, -0.15) is 5.10 Å². The molecule has 0 bridgehead atoms. The van der Waals surface area contributed by atoms with Gasteiger partial charge in [0.1, 0.15) is 5.78 Å². The number of hydrogen-bond acceptors (Lipinski definition) is 3. The lowest BCUT2D eigenvalue weighted by Crippen LogP contribution is -2.23. The molecular formula is C13H20N2O2. The van der Waals surface area contributed by atoms with Gasteiger partial charge in [-0.1, -0.05) is 0 Å². The highest BCUT2D eigenvalue weighted by Gasteiger charge is 2.30. The number of Topliss-reactive ketones (excluding diaryl/α,β-unsaturated/α-hetero) is 1. The molecule has 0 aliphatic carbocycles. The average molecular weight is 236 g/mol. The zero-order valence-electron chi connectivity index (χ0n) is 10.7. The highest BCUT2D eigenvalue weighted by Crippen LogP contribution is 2.22. The molecule has 2 unspecified atom stereocenters. The topological polar surface area (TPSA) is 44.1 Å². The smallest absolute Gasteiger partial charge is 0.144 e. The van der Waals surface area contributed by atoms with E-state index in [1.807, 2.05) is 23.9 Å². The molecule has 1 saturated heterocycles. The third kappa shape index (κ3) is 2.75. The van der Waals surface area contributed by atoms with E-state index in [-0.39, 0.29) is 17.8 Å². The molecule has 1 fully saturated rings. The molecule has 0 saturated carbocycles. The van der Waals surface area contributed by atoms with Crippen molar-refractivity contribution in [2.75, 3.05) is 6.61 Å². The third-order valence-corrected chi connectivity index (χ3v) is 3.34. The number of carbonyl (C=O) groups is 1. The molecule has 4 nitrogen and oxygen atoms in total. The first-order valence-corrected chi connectivity index (χ1v) is 6.26. The summed E-state index contributed by atoms with van der Waals surface area (Å²) in [6.07, 6.45) is 3.28. The number of nitrogens with zero attached hydrogens (tertiary/aromatic N) is 2. The molecule has 94 valence electrons. The van der Waals surface area contributed by atoms with Gasteiger partial charge in [0.2, 0.25) is 0 Å². The van der Waals surface area contributed by atoms with Gasteiger partial charge in [0.05, 0.1) is 18.2 Å². The molecule has 0 spiro atoms. The van der Waals surface area contributed by atoms with E-state index < -0.39 is 0 Å². The lowest BCUT2D eigenvalue weighted by Gasteiger charge is -2.11. The first-order valence-electron chi connectivity index (χ1n) is 6.26. The van der Waals surface area contributed by atoms with Crippen LogP contribution < -0.4 is 0 Å². The van der Waals surface area contributed by atoms with Gasteiger partial charge >= 0.3 is 0 Å². The minimum absolute atomic E-state index is 0.0548. The van der Waals surface area contributed by atoms with Crippen molar-refractivity contribution in [1.82, 2.24) is 9.78 Å². The highest BCUT2D eigenvalue weighted by molar-refractivity contribution is 5.83. The van der Waals surface area contributed by atoms with Crippen LogP contribution in [0, 0.1) is 5.92 Å². The van der Waals surface area contributed by atoms with Crippen LogP contribution in [0.1, 0.15) is 38.9 Å². The van der Waals surface area contributed by atoms with Gasteiger partial charge in [-0.25, -0.2) is 0 Å². The zero-order chi connectivity index (χ0) is 12.4. The summed E-state index contributed by atoms with van der Waals surface area (Å²) in [5, 5.41) is 4.40. The van der Waals surface area contributed by atoms with Crippen LogP contribution in [0.15, 0.2) is 12.3 Å². The number of ketones is 1. The maximum Gasteiger partial charge on any atom is 0.144 e. The summed E-state index contributed by atoms with van der Waals surface area (Å²) in [6, 6.07) is 2.27. The maximum atomic E-state index is 12.1. The van der Waals surface area contributed by atoms with Crippen molar-refractivity contribution in [2.24, 2.45) is 5.92 Å². The Kier molecular flexibility index (Phi) is 3.62. The van der Waals surface area contributed by atoms with E-state index in [0.717, 1.165) is 12.1 Å². The van der Waals surface area contributed by atoms with E-state index in [1.165, 1.54) is 0 Å². The third-order valence-electron chi connectivity index (χ3n) is 3.34. The number of aromatic nitrogens is 2. The summed E-state index contributed by atoms with van der Waals surface area (Å²) in [5.41, 5.74) is 0.864. The van der Waals surface area contributed by atoms with Gasteiger partial charge < -0.3 is 4.74 Å². The zero-order valence-corrected chi connectivity index (χ0v) is 10.7. The summed E-state index contributed by atoms with van der Waals surface area (Å²) >= 11 is 0. The first-order chi connectivity index (χ1) is 8.08. The summed E-state index contributed by atoms with van der Waals surface area (Å²) in [4.78, 5) is 12.1. The quantitative estimate of drug-likeness (QED) is 0.803. The molecule has 1 aromatic heterocycles. The molecule has 0 radical (unpaired) electrons. The monoisotopic (exact) mass is 236 g/mol. The molecule has 0 amide bonds. The molecule has 4 heteroatoms. The SMILES string of the molecule is CC1OCCC1C(=O)Cc1ccn(C(C)C)n1. The van der Waals surface area contributed by atoms with E-state index in [0.29, 0.717) is 19.1 Å². The Morgan fingerprint density at radius 1 is 1.65 bits per heavy atom. The van der Waals surface area contributed by atoms with Crippen molar-refractivity contribution in [3.8, 4) is 0 Å². The molecule has 1 aromatic rings. The predicted octanol–water partition coefficient (Wildman–Crippen LogP) is 2.00. The minimum atomic E-state index is 0.0548. The van der Waals surface area contributed by atoms with Crippen LogP contribution in [0.4, 0.5) is 0 Å². The molecule has 1 aliphatic heterocycles. The second-order valence-electron chi connectivity index (χ2n) is 5.00. The van der Waals surface area contributed by atoms with E-state index in [1.54, 1.807) is 0 Å². The minimum Gasteiger partial charge on any atom is -0.378 e. The molecule has 2 atom stereocenters. The van der Waals surface area contributed by atoms with Gasteiger partial charge in [-0.05, 0) is 33.3 Å². The van der Waals surface area contributed by atoms with Crippen molar-refractivity contribution in [2.45, 2.75) is 45.8 Å².